The monoisotopic (exact) mass is 312 g/mol. The fourth-order valence-corrected chi connectivity index (χ4v) is 2.37. The van der Waals surface area contributed by atoms with Gasteiger partial charge in [0, 0.05) is 12.2 Å². The lowest BCUT2D eigenvalue weighted by atomic mass is 10.0. The molecule has 0 radical (unpaired) electrons. The summed E-state index contributed by atoms with van der Waals surface area (Å²) >= 11 is 0. The summed E-state index contributed by atoms with van der Waals surface area (Å²) in [6.45, 7) is 1.95. The van der Waals surface area contributed by atoms with E-state index < -0.39 is 36.2 Å². The Bertz CT molecular complexity index is 533. The topological polar surface area (TPSA) is 52.6 Å². The number of hydrogen-bond acceptors (Lipinski definition) is 4. The molecule has 1 fully saturated rings. The van der Waals surface area contributed by atoms with E-state index in [4.69, 9.17) is 9.47 Å². The molecule has 1 aliphatic rings. The number of Topliss-reactive ketones (excluding diaryl/α,β-unsaturated/α-hetero) is 1. The zero-order valence-corrected chi connectivity index (χ0v) is 12.3. The van der Waals surface area contributed by atoms with Crippen LogP contribution in [-0.2, 0) is 25.5 Å². The Morgan fingerprint density at radius 2 is 2.00 bits per heavy atom. The molecule has 0 spiro atoms. The average molecular weight is 312 g/mol. The highest BCUT2D eigenvalue weighted by Crippen LogP contribution is 2.17. The second-order valence-electron chi connectivity index (χ2n) is 5.27. The van der Waals surface area contributed by atoms with E-state index in [1.54, 1.807) is 0 Å². The van der Waals surface area contributed by atoms with Crippen molar-refractivity contribution in [3.63, 3.8) is 0 Å². The van der Waals surface area contributed by atoms with Crippen LogP contribution in [0.4, 0.5) is 8.78 Å². The summed E-state index contributed by atoms with van der Waals surface area (Å²) in [5, 5.41) is 0. The summed E-state index contributed by atoms with van der Waals surface area (Å²) in [6.07, 6.45) is 0.277. The molecule has 0 bridgehead atoms. The lowest BCUT2D eigenvalue weighted by Crippen LogP contribution is -2.37. The van der Waals surface area contributed by atoms with E-state index in [2.05, 4.69) is 0 Å². The SMILES string of the molecule is CC(OC(=O)Cc1c(F)cccc1F)C(=O)C1CCCCO1. The molecule has 120 valence electrons. The number of benzene rings is 1. The molecule has 2 unspecified atom stereocenters. The smallest absolute Gasteiger partial charge is 0.311 e. The molecule has 1 saturated heterocycles. The molecular formula is C16H18F2O4. The third kappa shape index (κ3) is 4.10. The molecule has 2 atom stereocenters. The lowest BCUT2D eigenvalue weighted by molar-refractivity contribution is -0.158. The van der Waals surface area contributed by atoms with Crippen molar-refractivity contribution >= 4 is 11.8 Å². The Morgan fingerprint density at radius 1 is 1.32 bits per heavy atom. The van der Waals surface area contributed by atoms with Crippen molar-refractivity contribution in [1.29, 1.82) is 0 Å². The van der Waals surface area contributed by atoms with E-state index >= 15 is 0 Å². The van der Waals surface area contributed by atoms with Gasteiger partial charge in [-0.25, -0.2) is 8.78 Å². The molecule has 0 saturated carbocycles. The minimum absolute atomic E-state index is 0.318. The molecule has 22 heavy (non-hydrogen) atoms. The summed E-state index contributed by atoms with van der Waals surface area (Å²) in [5.74, 6) is -2.79. The van der Waals surface area contributed by atoms with Gasteiger partial charge in [0.15, 0.2) is 6.10 Å². The molecule has 1 aromatic rings. The number of carbonyl (C=O) groups excluding carboxylic acids is 2. The zero-order valence-electron chi connectivity index (χ0n) is 12.3. The number of ether oxygens (including phenoxy) is 2. The fourth-order valence-electron chi connectivity index (χ4n) is 2.37. The van der Waals surface area contributed by atoms with E-state index in [0.29, 0.717) is 13.0 Å². The largest absolute Gasteiger partial charge is 0.454 e. The number of carbonyl (C=O) groups is 2. The molecule has 2 rings (SSSR count). The molecule has 4 nitrogen and oxygen atoms in total. The number of hydrogen-bond donors (Lipinski definition) is 0. The van der Waals surface area contributed by atoms with Gasteiger partial charge < -0.3 is 9.47 Å². The maximum Gasteiger partial charge on any atom is 0.311 e. The Kier molecular flexibility index (Phi) is 5.60. The van der Waals surface area contributed by atoms with Crippen LogP contribution in [0.1, 0.15) is 31.7 Å². The molecule has 0 N–H and O–H groups in total. The first-order chi connectivity index (χ1) is 10.5. The van der Waals surface area contributed by atoms with Crippen LogP contribution in [0.3, 0.4) is 0 Å². The first-order valence-electron chi connectivity index (χ1n) is 7.26. The first kappa shape index (κ1) is 16.5. The van der Waals surface area contributed by atoms with Crippen molar-refractivity contribution < 1.29 is 27.8 Å². The number of ketones is 1. The van der Waals surface area contributed by atoms with Gasteiger partial charge in [0.2, 0.25) is 5.78 Å². The van der Waals surface area contributed by atoms with Crippen LogP contribution in [0.15, 0.2) is 18.2 Å². The summed E-state index contributed by atoms with van der Waals surface area (Å²) in [7, 11) is 0. The zero-order chi connectivity index (χ0) is 16.1. The minimum Gasteiger partial charge on any atom is -0.454 e. The number of esters is 1. The lowest BCUT2D eigenvalue weighted by Gasteiger charge is -2.24. The van der Waals surface area contributed by atoms with Crippen LogP contribution in [0.2, 0.25) is 0 Å². The Morgan fingerprint density at radius 3 is 2.59 bits per heavy atom. The van der Waals surface area contributed by atoms with Gasteiger partial charge in [-0.15, -0.1) is 0 Å². The number of rotatable bonds is 5. The maximum absolute atomic E-state index is 13.5. The average Bonchev–Trinajstić information content (AvgIpc) is 2.51. The van der Waals surface area contributed by atoms with E-state index in [-0.39, 0.29) is 11.3 Å². The third-order valence-electron chi connectivity index (χ3n) is 3.59. The quantitative estimate of drug-likeness (QED) is 0.784. The van der Waals surface area contributed by atoms with E-state index in [1.807, 2.05) is 0 Å². The highest BCUT2D eigenvalue weighted by atomic mass is 19.1. The van der Waals surface area contributed by atoms with Crippen molar-refractivity contribution in [2.75, 3.05) is 6.61 Å². The third-order valence-corrected chi connectivity index (χ3v) is 3.59. The van der Waals surface area contributed by atoms with Gasteiger partial charge in [0.25, 0.3) is 0 Å². The van der Waals surface area contributed by atoms with Crippen LogP contribution in [-0.4, -0.2) is 30.6 Å². The van der Waals surface area contributed by atoms with E-state index in [0.717, 1.165) is 25.0 Å². The molecular weight excluding hydrogens is 294 g/mol. The Hall–Kier alpha value is -1.82. The molecule has 6 heteroatoms. The van der Waals surface area contributed by atoms with Crippen LogP contribution >= 0.6 is 0 Å². The molecule has 1 aromatic carbocycles. The summed E-state index contributed by atoms with van der Waals surface area (Å²) in [4.78, 5) is 23.8. The van der Waals surface area contributed by atoms with Gasteiger partial charge in [0.1, 0.15) is 17.7 Å². The van der Waals surface area contributed by atoms with Crippen LogP contribution in [0.5, 0.6) is 0 Å². The van der Waals surface area contributed by atoms with Gasteiger partial charge in [-0.1, -0.05) is 6.07 Å². The van der Waals surface area contributed by atoms with Crippen molar-refractivity contribution in [3.8, 4) is 0 Å². The molecule has 0 aliphatic carbocycles. The summed E-state index contributed by atoms with van der Waals surface area (Å²) in [5.41, 5.74) is -0.360. The highest BCUT2D eigenvalue weighted by molar-refractivity contribution is 5.89. The van der Waals surface area contributed by atoms with Crippen molar-refractivity contribution in [2.24, 2.45) is 0 Å². The van der Waals surface area contributed by atoms with Crippen LogP contribution in [0.25, 0.3) is 0 Å². The van der Waals surface area contributed by atoms with Gasteiger partial charge >= 0.3 is 5.97 Å². The van der Waals surface area contributed by atoms with Gasteiger partial charge in [-0.2, -0.15) is 0 Å². The normalized spacial score (nSPS) is 19.5. The highest BCUT2D eigenvalue weighted by Gasteiger charge is 2.29. The van der Waals surface area contributed by atoms with Crippen LogP contribution < -0.4 is 0 Å². The second kappa shape index (κ2) is 7.45. The van der Waals surface area contributed by atoms with Gasteiger partial charge in [-0.3, -0.25) is 9.59 Å². The maximum atomic E-state index is 13.5. The van der Waals surface area contributed by atoms with Crippen LogP contribution in [0, 0.1) is 11.6 Å². The summed E-state index contributed by atoms with van der Waals surface area (Å²) in [6, 6.07) is 3.35. The van der Waals surface area contributed by atoms with Crippen molar-refractivity contribution in [1.82, 2.24) is 0 Å². The Labute approximate surface area is 127 Å². The summed E-state index contributed by atoms with van der Waals surface area (Å²) < 4.78 is 37.2. The molecule has 0 aromatic heterocycles. The predicted octanol–water partition coefficient (Wildman–Crippen LogP) is 2.58. The first-order valence-corrected chi connectivity index (χ1v) is 7.26. The minimum atomic E-state index is -0.995. The fraction of sp³-hybridized carbons (Fsp3) is 0.500. The molecule has 1 aliphatic heterocycles. The predicted molar refractivity (Wildman–Crippen MR) is 74.2 cm³/mol. The van der Waals surface area contributed by atoms with Gasteiger partial charge in [-0.05, 0) is 38.3 Å². The van der Waals surface area contributed by atoms with E-state index in [1.165, 1.54) is 13.0 Å². The van der Waals surface area contributed by atoms with Crippen molar-refractivity contribution in [3.05, 3.63) is 35.4 Å². The molecule has 1 heterocycles. The van der Waals surface area contributed by atoms with Gasteiger partial charge in [0.05, 0.1) is 6.42 Å². The van der Waals surface area contributed by atoms with E-state index in [9.17, 15) is 18.4 Å². The second-order valence-corrected chi connectivity index (χ2v) is 5.27. The standard InChI is InChI=1S/C16H18F2O4/c1-10(16(20)14-7-2-3-8-21-14)22-15(19)9-11-12(17)5-4-6-13(11)18/h4-6,10,14H,2-3,7-9H2,1H3. The van der Waals surface area contributed by atoms with Crippen molar-refractivity contribution in [2.45, 2.75) is 44.8 Å². The Balaban J connectivity index is 1.92. The molecule has 0 amide bonds. The number of halogens is 2.